The van der Waals surface area contributed by atoms with Gasteiger partial charge in [0.25, 0.3) is 0 Å². The van der Waals surface area contributed by atoms with Gasteiger partial charge >= 0.3 is 0 Å². The summed E-state index contributed by atoms with van der Waals surface area (Å²) in [4.78, 5) is 19.8. The molecule has 0 spiro atoms. The zero-order valence-electron chi connectivity index (χ0n) is 10.9. The Bertz CT molecular complexity index is 642. The Hall–Kier alpha value is -2.24. The van der Waals surface area contributed by atoms with Crippen molar-refractivity contribution in [2.75, 3.05) is 18.4 Å². The van der Waals surface area contributed by atoms with E-state index in [1.165, 1.54) is 31.3 Å². The number of nitrogens with one attached hydrogen (secondary N) is 2. The smallest absolute Gasteiger partial charge is 0.239 e. The summed E-state index contributed by atoms with van der Waals surface area (Å²) in [6, 6.07) is 4.30. The molecule has 1 aliphatic carbocycles. The van der Waals surface area contributed by atoms with Crippen LogP contribution in [0.3, 0.4) is 0 Å². The maximum Gasteiger partial charge on any atom is 0.239 e. The molecule has 0 radical (unpaired) electrons. The lowest BCUT2D eigenvalue weighted by atomic mass is 10.2. The summed E-state index contributed by atoms with van der Waals surface area (Å²) in [6.45, 7) is 0.856. The molecular formula is C14H15FN4O. The number of benzene rings is 1. The monoisotopic (exact) mass is 274 g/mol. The van der Waals surface area contributed by atoms with E-state index in [4.69, 9.17) is 0 Å². The van der Waals surface area contributed by atoms with Gasteiger partial charge in [-0.3, -0.25) is 4.79 Å². The fourth-order valence-corrected chi connectivity index (χ4v) is 1.98. The van der Waals surface area contributed by atoms with E-state index in [0.717, 1.165) is 6.54 Å². The van der Waals surface area contributed by atoms with Crippen LogP contribution < -0.4 is 10.6 Å². The number of carbonyl (C=O) groups excluding carboxylic acids is 1. The maximum absolute atomic E-state index is 13.3. The van der Waals surface area contributed by atoms with Crippen LogP contribution in [0.4, 0.5) is 10.2 Å². The van der Waals surface area contributed by atoms with Crippen molar-refractivity contribution in [2.45, 2.75) is 12.8 Å². The number of aromatic nitrogens is 2. The fraction of sp³-hybridized carbons (Fsp3) is 0.357. The number of halogens is 1. The van der Waals surface area contributed by atoms with Crippen molar-refractivity contribution in [3.8, 4) is 0 Å². The Morgan fingerprint density at radius 2 is 2.20 bits per heavy atom. The molecular weight excluding hydrogens is 259 g/mol. The van der Waals surface area contributed by atoms with Gasteiger partial charge in [-0.25, -0.2) is 14.4 Å². The Labute approximate surface area is 115 Å². The minimum atomic E-state index is -0.353. The average Bonchev–Trinajstić information content (AvgIpc) is 3.27. The number of nitrogens with zero attached hydrogens (tertiary/aromatic N) is 2. The van der Waals surface area contributed by atoms with Crippen LogP contribution in [-0.2, 0) is 4.79 Å². The lowest BCUT2D eigenvalue weighted by molar-refractivity contribution is -0.119. The van der Waals surface area contributed by atoms with Crippen molar-refractivity contribution >= 4 is 22.6 Å². The van der Waals surface area contributed by atoms with Gasteiger partial charge in [0, 0.05) is 11.9 Å². The number of fused-ring (bicyclic) bond motifs is 1. The summed E-state index contributed by atoms with van der Waals surface area (Å²) in [7, 11) is 0. The Morgan fingerprint density at radius 3 is 3.00 bits per heavy atom. The van der Waals surface area contributed by atoms with Crippen LogP contribution in [0.15, 0.2) is 24.5 Å². The van der Waals surface area contributed by atoms with Crippen LogP contribution in [0.25, 0.3) is 10.9 Å². The van der Waals surface area contributed by atoms with Crippen molar-refractivity contribution in [3.63, 3.8) is 0 Å². The van der Waals surface area contributed by atoms with Crippen molar-refractivity contribution in [1.82, 2.24) is 15.3 Å². The van der Waals surface area contributed by atoms with E-state index >= 15 is 0 Å². The number of rotatable bonds is 5. The molecule has 1 fully saturated rings. The van der Waals surface area contributed by atoms with Crippen molar-refractivity contribution in [3.05, 3.63) is 30.3 Å². The first kappa shape index (κ1) is 12.8. The molecule has 0 saturated heterocycles. The van der Waals surface area contributed by atoms with Crippen LogP contribution in [-0.4, -0.2) is 29.0 Å². The molecule has 2 N–H and O–H groups in total. The molecule has 1 aromatic heterocycles. The van der Waals surface area contributed by atoms with Gasteiger partial charge in [0.1, 0.15) is 18.0 Å². The molecule has 2 aromatic rings. The molecule has 0 aliphatic heterocycles. The van der Waals surface area contributed by atoms with Gasteiger partial charge in [0.05, 0.1) is 12.1 Å². The van der Waals surface area contributed by atoms with Crippen LogP contribution in [0.5, 0.6) is 0 Å². The number of hydrogen-bond acceptors (Lipinski definition) is 4. The lowest BCUT2D eigenvalue weighted by Crippen LogP contribution is -2.31. The third-order valence-electron chi connectivity index (χ3n) is 3.30. The van der Waals surface area contributed by atoms with Gasteiger partial charge < -0.3 is 10.6 Å². The van der Waals surface area contributed by atoms with Gasteiger partial charge in [-0.05, 0) is 37.0 Å². The highest BCUT2D eigenvalue weighted by molar-refractivity contribution is 5.90. The van der Waals surface area contributed by atoms with Gasteiger partial charge in [-0.1, -0.05) is 0 Å². The standard InChI is InChI=1S/C14H15FN4O/c15-10-3-4-12-11(5-10)14(19-8-18-12)17-7-13(20)16-6-9-1-2-9/h3-5,8-9H,1-2,6-7H2,(H,16,20)(H,17,18,19). The molecule has 0 atom stereocenters. The Kier molecular flexibility index (Phi) is 3.45. The maximum atomic E-state index is 13.3. The average molecular weight is 274 g/mol. The second-order valence-corrected chi connectivity index (χ2v) is 4.98. The zero-order chi connectivity index (χ0) is 13.9. The van der Waals surface area contributed by atoms with Crippen molar-refractivity contribution in [2.24, 2.45) is 5.92 Å². The highest BCUT2D eigenvalue weighted by Crippen LogP contribution is 2.27. The van der Waals surface area contributed by atoms with E-state index in [2.05, 4.69) is 20.6 Å². The third kappa shape index (κ3) is 3.01. The zero-order valence-corrected chi connectivity index (χ0v) is 10.9. The Balaban J connectivity index is 1.67. The van der Waals surface area contributed by atoms with Gasteiger partial charge in [-0.15, -0.1) is 0 Å². The first-order chi connectivity index (χ1) is 9.72. The number of amides is 1. The van der Waals surface area contributed by atoms with Crippen LogP contribution in [0.2, 0.25) is 0 Å². The molecule has 104 valence electrons. The van der Waals surface area contributed by atoms with E-state index in [-0.39, 0.29) is 18.3 Å². The molecule has 20 heavy (non-hydrogen) atoms. The molecule has 1 heterocycles. The molecule has 1 aromatic carbocycles. The molecule has 0 unspecified atom stereocenters. The SMILES string of the molecule is O=C(CNc1ncnc2ccc(F)cc12)NCC1CC1. The van der Waals surface area contributed by atoms with Crippen molar-refractivity contribution in [1.29, 1.82) is 0 Å². The largest absolute Gasteiger partial charge is 0.360 e. The fourth-order valence-electron chi connectivity index (χ4n) is 1.98. The summed E-state index contributed by atoms with van der Waals surface area (Å²) in [5, 5.41) is 6.36. The van der Waals surface area contributed by atoms with E-state index in [1.54, 1.807) is 6.07 Å². The number of carbonyl (C=O) groups is 1. The minimum absolute atomic E-state index is 0.0833. The highest BCUT2D eigenvalue weighted by Gasteiger charge is 2.21. The minimum Gasteiger partial charge on any atom is -0.360 e. The van der Waals surface area contributed by atoms with Crippen LogP contribution in [0, 0.1) is 11.7 Å². The summed E-state index contributed by atoms with van der Waals surface area (Å²) < 4.78 is 13.3. The topological polar surface area (TPSA) is 66.9 Å². The quantitative estimate of drug-likeness (QED) is 0.871. The molecule has 6 heteroatoms. The number of hydrogen-bond donors (Lipinski definition) is 2. The van der Waals surface area contributed by atoms with Crippen molar-refractivity contribution < 1.29 is 9.18 Å². The molecule has 0 bridgehead atoms. The molecule has 3 rings (SSSR count). The molecule has 1 saturated carbocycles. The summed E-state index contributed by atoms with van der Waals surface area (Å²) in [5.74, 6) is 0.678. The van der Waals surface area contributed by atoms with Crippen LogP contribution in [0.1, 0.15) is 12.8 Å². The highest BCUT2D eigenvalue weighted by atomic mass is 19.1. The summed E-state index contributed by atoms with van der Waals surface area (Å²) >= 11 is 0. The second kappa shape index (κ2) is 5.40. The lowest BCUT2D eigenvalue weighted by Gasteiger charge is -2.08. The first-order valence-electron chi connectivity index (χ1n) is 6.63. The van der Waals surface area contributed by atoms with Gasteiger partial charge in [0.2, 0.25) is 5.91 Å². The predicted octanol–water partition coefficient (Wildman–Crippen LogP) is 1.71. The van der Waals surface area contributed by atoms with E-state index in [0.29, 0.717) is 22.6 Å². The molecule has 5 nitrogen and oxygen atoms in total. The summed E-state index contributed by atoms with van der Waals surface area (Å²) in [6.07, 6.45) is 3.79. The van der Waals surface area contributed by atoms with Crippen LogP contribution >= 0.6 is 0 Å². The van der Waals surface area contributed by atoms with Gasteiger partial charge in [0.15, 0.2) is 0 Å². The number of anilines is 1. The van der Waals surface area contributed by atoms with Gasteiger partial charge in [-0.2, -0.15) is 0 Å². The van der Waals surface area contributed by atoms with E-state index < -0.39 is 0 Å². The van der Waals surface area contributed by atoms with E-state index in [1.807, 2.05) is 0 Å². The first-order valence-corrected chi connectivity index (χ1v) is 6.63. The van der Waals surface area contributed by atoms with E-state index in [9.17, 15) is 9.18 Å². The summed E-state index contributed by atoms with van der Waals surface area (Å²) in [5.41, 5.74) is 0.641. The second-order valence-electron chi connectivity index (χ2n) is 4.98. The molecule has 1 aliphatic rings. The Morgan fingerprint density at radius 1 is 1.35 bits per heavy atom. The normalized spacial score (nSPS) is 14.2. The predicted molar refractivity (Wildman–Crippen MR) is 73.7 cm³/mol. The molecule has 1 amide bonds. The third-order valence-corrected chi connectivity index (χ3v) is 3.30.